The maximum atomic E-state index is 10.1. The number of carbonyl (C=O) groups excluding carboxylic acids is 1. The molecule has 0 N–H and O–H groups in total. The number of rotatable bonds is 5. The summed E-state index contributed by atoms with van der Waals surface area (Å²) in [7, 11) is 0. The van der Waals surface area contributed by atoms with Crippen LogP contribution in [0, 0.1) is 5.92 Å². The quantitative estimate of drug-likeness (QED) is 0.421. The molecule has 0 rings (SSSR count). The van der Waals surface area contributed by atoms with Gasteiger partial charge in [-0.15, -0.1) is 6.58 Å². The van der Waals surface area contributed by atoms with Gasteiger partial charge in [-0.1, -0.05) is 18.2 Å². The lowest BCUT2D eigenvalue weighted by molar-refractivity contribution is -0.108. The van der Waals surface area contributed by atoms with Gasteiger partial charge in [0.05, 0.1) is 0 Å². The van der Waals surface area contributed by atoms with Crippen LogP contribution in [0.4, 0.5) is 0 Å². The van der Waals surface area contributed by atoms with Gasteiger partial charge in [0.15, 0.2) is 0 Å². The van der Waals surface area contributed by atoms with Gasteiger partial charge in [0.1, 0.15) is 6.29 Å². The molecule has 0 aromatic heterocycles. The van der Waals surface area contributed by atoms with E-state index in [-0.39, 0.29) is 0 Å². The first-order valence-corrected chi connectivity index (χ1v) is 3.52. The van der Waals surface area contributed by atoms with E-state index >= 15 is 0 Å². The van der Waals surface area contributed by atoms with Gasteiger partial charge >= 0.3 is 0 Å². The van der Waals surface area contributed by atoms with Crippen molar-refractivity contribution in [2.45, 2.75) is 19.8 Å². The van der Waals surface area contributed by atoms with Crippen molar-refractivity contribution in [3.05, 3.63) is 24.8 Å². The first-order chi connectivity index (χ1) is 4.85. The predicted octanol–water partition coefficient (Wildman–Crippen LogP) is 2.34. The summed E-state index contributed by atoms with van der Waals surface area (Å²) in [6.45, 7) is 5.57. The zero-order valence-electron chi connectivity index (χ0n) is 6.42. The van der Waals surface area contributed by atoms with Crippen molar-refractivity contribution >= 4 is 6.29 Å². The molecule has 1 unspecified atom stereocenters. The Morgan fingerprint density at radius 1 is 1.50 bits per heavy atom. The third-order valence-corrected chi connectivity index (χ3v) is 1.33. The van der Waals surface area contributed by atoms with Crippen molar-refractivity contribution in [3.63, 3.8) is 0 Å². The van der Waals surface area contributed by atoms with Crippen LogP contribution in [0.25, 0.3) is 0 Å². The van der Waals surface area contributed by atoms with Crippen LogP contribution in [0.2, 0.25) is 0 Å². The van der Waals surface area contributed by atoms with Gasteiger partial charge in [0.25, 0.3) is 0 Å². The van der Waals surface area contributed by atoms with Crippen LogP contribution >= 0.6 is 0 Å². The average molecular weight is 138 g/mol. The number of carbonyl (C=O) groups is 1. The highest BCUT2D eigenvalue weighted by molar-refractivity contribution is 5.50. The van der Waals surface area contributed by atoms with Gasteiger partial charge < -0.3 is 4.79 Å². The summed E-state index contributed by atoms with van der Waals surface area (Å²) in [6, 6.07) is 0. The topological polar surface area (TPSA) is 17.1 Å². The summed E-state index contributed by atoms with van der Waals surface area (Å²) in [6.07, 6.45) is 8.30. The minimum Gasteiger partial charge on any atom is -0.303 e. The third kappa shape index (κ3) is 4.07. The molecule has 0 amide bonds. The van der Waals surface area contributed by atoms with Crippen LogP contribution < -0.4 is 0 Å². The lowest BCUT2D eigenvalue weighted by Gasteiger charge is -2.02. The molecule has 10 heavy (non-hydrogen) atoms. The molecule has 0 aliphatic heterocycles. The number of aldehydes is 1. The Hall–Kier alpha value is -0.850. The summed E-state index contributed by atoms with van der Waals surface area (Å²) in [5.74, 6) is 0.361. The standard InChI is InChI=1S/C9H14O/c1-3-5-9(6-4-2)7-8-10/h3-4,6,8-9H,1,5,7H2,2H3/b6-4+. The molecule has 0 saturated carbocycles. The average Bonchev–Trinajstić information content (AvgIpc) is 1.90. The number of allylic oxidation sites excluding steroid dienone is 3. The molecule has 0 radical (unpaired) electrons. The number of hydrogen-bond donors (Lipinski definition) is 0. The summed E-state index contributed by atoms with van der Waals surface area (Å²) < 4.78 is 0. The second-order valence-electron chi connectivity index (χ2n) is 2.21. The van der Waals surface area contributed by atoms with E-state index in [1.54, 1.807) is 0 Å². The molecule has 0 spiro atoms. The van der Waals surface area contributed by atoms with E-state index in [0.29, 0.717) is 12.3 Å². The van der Waals surface area contributed by atoms with Crippen LogP contribution in [0.5, 0.6) is 0 Å². The molecular weight excluding hydrogens is 124 g/mol. The summed E-state index contributed by atoms with van der Waals surface area (Å²) in [4.78, 5) is 10.1. The molecule has 1 nitrogen and oxygen atoms in total. The highest BCUT2D eigenvalue weighted by Crippen LogP contribution is 2.08. The van der Waals surface area contributed by atoms with Gasteiger partial charge in [-0.25, -0.2) is 0 Å². The third-order valence-electron chi connectivity index (χ3n) is 1.33. The molecule has 0 bridgehead atoms. The predicted molar refractivity (Wildman–Crippen MR) is 43.8 cm³/mol. The highest BCUT2D eigenvalue weighted by Gasteiger charge is 1.98. The fourth-order valence-electron chi connectivity index (χ4n) is 0.863. The van der Waals surface area contributed by atoms with E-state index in [2.05, 4.69) is 6.58 Å². The van der Waals surface area contributed by atoms with Gasteiger partial charge in [-0.3, -0.25) is 0 Å². The van der Waals surface area contributed by atoms with E-state index in [4.69, 9.17) is 0 Å². The lowest BCUT2D eigenvalue weighted by atomic mass is 10.0. The molecule has 0 aliphatic rings. The normalized spacial score (nSPS) is 13.3. The summed E-state index contributed by atoms with van der Waals surface area (Å²) in [5, 5.41) is 0. The van der Waals surface area contributed by atoms with E-state index in [1.807, 2.05) is 25.2 Å². The summed E-state index contributed by atoms with van der Waals surface area (Å²) in [5.41, 5.74) is 0. The zero-order chi connectivity index (χ0) is 7.82. The van der Waals surface area contributed by atoms with Gasteiger partial charge in [0, 0.05) is 6.42 Å². The van der Waals surface area contributed by atoms with Gasteiger partial charge in [-0.05, 0) is 19.3 Å². The molecule has 0 aromatic carbocycles. The summed E-state index contributed by atoms with van der Waals surface area (Å²) >= 11 is 0. The van der Waals surface area contributed by atoms with Crippen molar-refractivity contribution in [1.29, 1.82) is 0 Å². The van der Waals surface area contributed by atoms with Crippen molar-refractivity contribution in [2.75, 3.05) is 0 Å². The van der Waals surface area contributed by atoms with E-state index in [1.165, 1.54) is 0 Å². The van der Waals surface area contributed by atoms with Crippen LogP contribution in [-0.4, -0.2) is 6.29 Å². The van der Waals surface area contributed by atoms with E-state index < -0.39 is 0 Å². The second-order valence-corrected chi connectivity index (χ2v) is 2.21. The molecule has 0 heterocycles. The molecule has 1 atom stereocenters. The Kier molecular flexibility index (Phi) is 5.74. The fourth-order valence-corrected chi connectivity index (χ4v) is 0.863. The van der Waals surface area contributed by atoms with Crippen LogP contribution in [0.3, 0.4) is 0 Å². The SMILES string of the molecule is C=CCC(/C=C/C)CC=O. The number of hydrogen-bond acceptors (Lipinski definition) is 1. The van der Waals surface area contributed by atoms with Gasteiger partial charge in [-0.2, -0.15) is 0 Å². The van der Waals surface area contributed by atoms with Crippen LogP contribution in [0.15, 0.2) is 24.8 Å². The molecule has 0 fully saturated rings. The minimum atomic E-state index is 0.361. The first kappa shape index (κ1) is 9.15. The highest BCUT2D eigenvalue weighted by atomic mass is 16.1. The Labute approximate surface area is 62.4 Å². The Morgan fingerprint density at radius 3 is 2.60 bits per heavy atom. The maximum absolute atomic E-state index is 10.1. The smallest absolute Gasteiger partial charge is 0.120 e. The van der Waals surface area contributed by atoms with Crippen LogP contribution in [0.1, 0.15) is 19.8 Å². The maximum Gasteiger partial charge on any atom is 0.120 e. The molecule has 1 heteroatoms. The molecule has 0 aromatic rings. The Balaban J connectivity index is 3.70. The van der Waals surface area contributed by atoms with Crippen molar-refractivity contribution in [2.24, 2.45) is 5.92 Å². The monoisotopic (exact) mass is 138 g/mol. The lowest BCUT2D eigenvalue weighted by Crippen LogP contribution is -1.94. The van der Waals surface area contributed by atoms with Crippen LogP contribution in [-0.2, 0) is 4.79 Å². The fraction of sp³-hybridized carbons (Fsp3) is 0.444. The van der Waals surface area contributed by atoms with Crippen molar-refractivity contribution in [3.8, 4) is 0 Å². The largest absolute Gasteiger partial charge is 0.303 e. The van der Waals surface area contributed by atoms with E-state index in [0.717, 1.165) is 12.7 Å². The molecular formula is C9H14O. The minimum absolute atomic E-state index is 0.361. The second kappa shape index (κ2) is 6.27. The zero-order valence-corrected chi connectivity index (χ0v) is 6.42. The first-order valence-electron chi connectivity index (χ1n) is 3.52. The molecule has 0 saturated heterocycles. The van der Waals surface area contributed by atoms with E-state index in [9.17, 15) is 4.79 Å². The van der Waals surface area contributed by atoms with Crippen molar-refractivity contribution in [1.82, 2.24) is 0 Å². The van der Waals surface area contributed by atoms with Crippen molar-refractivity contribution < 1.29 is 4.79 Å². The Bertz CT molecular complexity index is 115. The van der Waals surface area contributed by atoms with Gasteiger partial charge in [0.2, 0.25) is 0 Å². The molecule has 56 valence electrons. The molecule has 0 aliphatic carbocycles. The Morgan fingerprint density at radius 2 is 2.20 bits per heavy atom.